The molecule has 4 nitrogen and oxygen atoms in total. The van der Waals surface area contributed by atoms with Crippen molar-refractivity contribution in [2.75, 3.05) is 0 Å². The number of hydrogen-bond acceptors (Lipinski definition) is 3. The standard InChI is InChI=1S/C23H38O4/c1-4-12-23(2,3)21(25)10-7-9-18-19-14-16(8-5-6-11-22(26)27)13-17(19)15-20(18)24/h7,9,13,17-21,24-25H,4-6,8,10-12,14-15H2,1-3H3,(H,26,27)/b9-7+/t17-,18-,19?,20+,21-/m0/s1. The number of fused-ring (bicyclic) bond motifs is 1. The number of carboxylic acids is 1. The van der Waals surface area contributed by atoms with E-state index in [1.807, 2.05) is 0 Å². The highest BCUT2D eigenvalue weighted by atomic mass is 16.4. The van der Waals surface area contributed by atoms with Gasteiger partial charge in [-0.15, -0.1) is 0 Å². The van der Waals surface area contributed by atoms with Crippen LogP contribution in [-0.4, -0.2) is 33.5 Å². The highest BCUT2D eigenvalue weighted by Gasteiger charge is 2.43. The van der Waals surface area contributed by atoms with Crippen LogP contribution in [-0.2, 0) is 4.79 Å². The number of allylic oxidation sites excluding steroid dienone is 2. The van der Waals surface area contributed by atoms with E-state index >= 15 is 0 Å². The monoisotopic (exact) mass is 378 g/mol. The third kappa shape index (κ3) is 6.18. The van der Waals surface area contributed by atoms with Crippen molar-refractivity contribution in [3.05, 3.63) is 23.8 Å². The van der Waals surface area contributed by atoms with Gasteiger partial charge in [-0.2, -0.15) is 0 Å². The number of hydrogen-bond donors (Lipinski definition) is 3. The smallest absolute Gasteiger partial charge is 0.303 e. The molecule has 1 saturated carbocycles. The second-order valence-corrected chi connectivity index (χ2v) is 9.26. The summed E-state index contributed by atoms with van der Waals surface area (Å²) in [6.07, 6.45) is 13.4. The maximum Gasteiger partial charge on any atom is 0.303 e. The van der Waals surface area contributed by atoms with Crippen molar-refractivity contribution in [3.63, 3.8) is 0 Å². The summed E-state index contributed by atoms with van der Waals surface area (Å²) < 4.78 is 0. The zero-order valence-electron chi connectivity index (χ0n) is 17.2. The van der Waals surface area contributed by atoms with Crippen LogP contribution < -0.4 is 0 Å². The molecule has 2 rings (SSSR count). The summed E-state index contributed by atoms with van der Waals surface area (Å²) >= 11 is 0. The molecular formula is C23H38O4. The Morgan fingerprint density at radius 2 is 2.11 bits per heavy atom. The van der Waals surface area contributed by atoms with Crippen molar-refractivity contribution in [2.45, 2.75) is 90.8 Å². The Hall–Kier alpha value is -1.13. The second-order valence-electron chi connectivity index (χ2n) is 9.26. The number of unbranched alkanes of at least 4 members (excludes halogenated alkanes) is 1. The molecule has 2 aliphatic carbocycles. The van der Waals surface area contributed by atoms with Gasteiger partial charge in [-0.1, -0.05) is 51.0 Å². The normalized spacial score (nSPS) is 29.1. The van der Waals surface area contributed by atoms with Gasteiger partial charge in [0, 0.05) is 12.3 Å². The van der Waals surface area contributed by atoms with Crippen LogP contribution in [0, 0.1) is 23.2 Å². The van der Waals surface area contributed by atoms with Gasteiger partial charge in [-0.3, -0.25) is 4.79 Å². The third-order valence-electron chi connectivity index (χ3n) is 6.60. The first-order valence-corrected chi connectivity index (χ1v) is 10.7. The molecule has 5 atom stereocenters. The molecule has 0 spiro atoms. The Morgan fingerprint density at radius 3 is 2.78 bits per heavy atom. The molecule has 1 fully saturated rings. The summed E-state index contributed by atoms with van der Waals surface area (Å²) in [6, 6.07) is 0. The minimum Gasteiger partial charge on any atom is -0.481 e. The van der Waals surface area contributed by atoms with E-state index in [0.29, 0.717) is 18.3 Å². The lowest BCUT2D eigenvalue weighted by Gasteiger charge is -2.29. The molecule has 4 heteroatoms. The van der Waals surface area contributed by atoms with E-state index in [0.717, 1.165) is 44.9 Å². The molecule has 0 saturated heterocycles. The molecule has 0 radical (unpaired) electrons. The molecule has 27 heavy (non-hydrogen) atoms. The van der Waals surface area contributed by atoms with Crippen LogP contribution in [0.3, 0.4) is 0 Å². The fourth-order valence-electron chi connectivity index (χ4n) is 4.91. The van der Waals surface area contributed by atoms with Gasteiger partial charge in [-0.05, 0) is 62.2 Å². The Balaban J connectivity index is 1.83. The van der Waals surface area contributed by atoms with Crippen molar-refractivity contribution in [1.82, 2.24) is 0 Å². The van der Waals surface area contributed by atoms with Gasteiger partial charge in [0.05, 0.1) is 12.2 Å². The number of carbonyl (C=O) groups is 1. The van der Waals surface area contributed by atoms with Crippen molar-refractivity contribution in [3.8, 4) is 0 Å². The quantitative estimate of drug-likeness (QED) is 0.359. The molecule has 0 heterocycles. The van der Waals surface area contributed by atoms with E-state index in [-0.39, 0.29) is 30.0 Å². The number of aliphatic hydroxyl groups excluding tert-OH is 2. The Labute approximate surface area is 164 Å². The lowest BCUT2D eigenvalue weighted by Crippen LogP contribution is -2.28. The highest BCUT2D eigenvalue weighted by molar-refractivity contribution is 5.66. The van der Waals surface area contributed by atoms with E-state index < -0.39 is 5.97 Å². The molecular weight excluding hydrogens is 340 g/mol. The molecule has 0 aromatic carbocycles. The molecule has 1 unspecified atom stereocenters. The Kier molecular flexibility index (Phi) is 8.11. The van der Waals surface area contributed by atoms with Crippen LogP contribution in [0.5, 0.6) is 0 Å². The van der Waals surface area contributed by atoms with Gasteiger partial charge in [0.15, 0.2) is 0 Å². The fraction of sp³-hybridized carbons (Fsp3) is 0.783. The summed E-state index contributed by atoms with van der Waals surface area (Å²) in [6.45, 7) is 6.38. The largest absolute Gasteiger partial charge is 0.481 e. The van der Waals surface area contributed by atoms with Crippen LogP contribution in [0.2, 0.25) is 0 Å². The lowest BCUT2D eigenvalue weighted by atomic mass is 9.80. The number of aliphatic hydroxyl groups is 2. The first kappa shape index (κ1) is 22.2. The summed E-state index contributed by atoms with van der Waals surface area (Å²) in [5.74, 6) is 0.367. The lowest BCUT2D eigenvalue weighted by molar-refractivity contribution is -0.137. The minimum absolute atomic E-state index is 0.0754. The van der Waals surface area contributed by atoms with E-state index in [2.05, 4.69) is 39.0 Å². The van der Waals surface area contributed by atoms with Crippen LogP contribution in [0.15, 0.2) is 23.8 Å². The van der Waals surface area contributed by atoms with Gasteiger partial charge in [-0.25, -0.2) is 0 Å². The zero-order valence-corrected chi connectivity index (χ0v) is 17.2. The van der Waals surface area contributed by atoms with Crippen LogP contribution in [0.4, 0.5) is 0 Å². The number of carboxylic acid groups (broad SMARTS) is 1. The van der Waals surface area contributed by atoms with Gasteiger partial charge >= 0.3 is 5.97 Å². The van der Waals surface area contributed by atoms with Crippen molar-refractivity contribution >= 4 is 5.97 Å². The molecule has 0 bridgehead atoms. The summed E-state index contributed by atoms with van der Waals surface area (Å²) in [5.41, 5.74) is 1.36. The predicted molar refractivity (Wildman–Crippen MR) is 108 cm³/mol. The maximum absolute atomic E-state index is 10.6. The van der Waals surface area contributed by atoms with Crippen LogP contribution >= 0.6 is 0 Å². The van der Waals surface area contributed by atoms with Crippen LogP contribution in [0.25, 0.3) is 0 Å². The average Bonchev–Trinajstić information content (AvgIpc) is 3.09. The topological polar surface area (TPSA) is 77.8 Å². The SMILES string of the molecule is CCCC(C)(C)[C@@H](O)C/C=C/[C@H]1C2CC(CCCCC(=O)O)=C[C@H]2C[C@H]1O. The molecule has 0 aromatic rings. The Bertz CT molecular complexity index is 549. The Morgan fingerprint density at radius 1 is 1.37 bits per heavy atom. The predicted octanol–water partition coefficient (Wildman–Crippen LogP) is 4.71. The second kappa shape index (κ2) is 9.88. The van der Waals surface area contributed by atoms with E-state index in [1.165, 1.54) is 5.57 Å². The average molecular weight is 379 g/mol. The van der Waals surface area contributed by atoms with Gasteiger partial charge in [0.2, 0.25) is 0 Å². The van der Waals surface area contributed by atoms with E-state index in [1.54, 1.807) is 0 Å². The molecule has 2 aliphatic rings. The van der Waals surface area contributed by atoms with E-state index in [4.69, 9.17) is 5.11 Å². The molecule has 0 aromatic heterocycles. The molecule has 154 valence electrons. The number of rotatable bonds is 11. The van der Waals surface area contributed by atoms with Crippen molar-refractivity contribution in [2.24, 2.45) is 23.2 Å². The molecule has 0 aliphatic heterocycles. The van der Waals surface area contributed by atoms with Gasteiger partial charge < -0.3 is 15.3 Å². The van der Waals surface area contributed by atoms with Gasteiger partial charge in [0.25, 0.3) is 0 Å². The zero-order chi connectivity index (χ0) is 20.0. The first-order chi connectivity index (χ1) is 12.7. The highest BCUT2D eigenvalue weighted by Crippen LogP contribution is 2.48. The first-order valence-electron chi connectivity index (χ1n) is 10.7. The summed E-state index contributed by atoms with van der Waals surface area (Å²) in [4.78, 5) is 10.6. The van der Waals surface area contributed by atoms with E-state index in [9.17, 15) is 15.0 Å². The maximum atomic E-state index is 10.6. The summed E-state index contributed by atoms with van der Waals surface area (Å²) in [5, 5.41) is 29.7. The fourth-order valence-corrected chi connectivity index (χ4v) is 4.91. The molecule has 3 N–H and O–H groups in total. The summed E-state index contributed by atoms with van der Waals surface area (Å²) in [7, 11) is 0. The van der Waals surface area contributed by atoms with Crippen molar-refractivity contribution in [1.29, 1.82) is 0 Å². The molecule has 0 amide bonds. The van der Waals surface area contributed by atoms with Crippen molar-refractivity contribution < 1.29 is 20.1 Å². The van der Waals surface area contributed by atoms with Crippen LogP contribution in [0.1, 0.15) is 78.6 Å². The minimum atomic E-state index is -0.718. The third-order valence-corrected chi connectivity index (χ3v) is 6.60. The van der Waals surface area contributed by atoms with Gasteiger partial charge in [0.1, 0.15) is 0 Å². The number of aliphatic carboxylic acids is 1.